The first-order chi connectivity index (χ1) is 14.3. The van der Waals surface area contributed by atoms with E-state index in [9.17, 15) is 22.8 Å². The van der Waals surface area contributed by atoms with Gasteiger partial charge in [-0.3, -0.25) is 4.79 Å². The van der Waals surface area contributed by atoms with E-state index in [1.807, 2.05) is 22.6 Å². The molecule has 1 amide bonds. The zero-order valence-electron chi connectivity index (χ0n) is 17.0. The highest BCUT2D eigenvalue weighted by Crippen LogP contribution is 2.36. The van der Waals surface area contributed by atoms with E-state index in [0.717, 1.165) is 22.4 Å². The minimum absolute atomic E-state index is 0.238. The van der Waals surface area contributed by atoms with Crippen molar-refractivity contribution in [3.05, 3.63) is 49.3 Å². The predicted octanol–water partition coefficient (Wildman–Crippen LogP) is 5.18. The molecule has 168 valence electrons. The van der Waals surface area contributed by atoms with Crippen molar-refractivity contribution in [3.63, 3.8) is 0 Å². The minimum Gasteiger partial charge on any atom is -0.444 e. The van der Waals surface area contributed by atoms with Gasteiger partial charge in [-0.2, -0.15) is 23.0 Å². The number of benzene rings is 1. The molecule has 0 N–H and O–H groups in total. The zero-order valence-corrected chi connectivity index (χ0v) is 19.9. The van der Waals surface area contributed by atoms with Gasteiger partial charge in [0, 0.05) is 25.1 Å². The van der Waals surface area contributed by atoms with Crippen molar-refractivity contribution in [3.8, 4) is 0 Å². The lowest BCUT2D eigenvalue weighted by atomic mass is 10.1. The van der Waals surface area contributed by atoms with Crippen LogP contribution in [0.2, 0.25) is 5.02 Å². The average Bonchev–Trinajstić information content (AvgIpc) is 2.81. The van der Waals surface area contributed by atoms with Gasteiger partial charge in [0.25, 0.3) is 5.91 Å². The predicted molar refractivity (Wildman–Crippen MR) is 116 cm³/mol. The molecule has 31 heavy (non-hydrogen) atoms. The maximum absolute atomic E-state index is 13.5. The summed E-state index contributed by atoms with van der Waals surface area (Å²) >= 11 is 7.94. The number of amides is 1. The summed E-state index contributed by atoms with van der Waals surface area (Å²) in [5.74, 6) is -0.956. The maximum atomic E-state index is 13.5. The van der Waals surface area contributed by atoms with E-state index in [-0.39, 0.29) is 18.0 Å². The second-order valence-corrected chi connectivity index (χ2v) is 9.49. The van der Waals surface area contributed by atoms with E-state index < -0.39 is 34.9 Å². The van der Waals surface area contributed by atoms with Crippen LogP contribution in [0.25, 0.3) is 0 Å². The van der Waals surface area contributed by atoms with Crippen LogP contribution in [0.1, 0.15) is 48.0 Å². The Morgan fingerprint density at radius 2 is 1.81 bits per heavy atom. The Labute approximate surface area is 195 Å². The number of hydrogen-bond donors (Lipinski definition) is 0. The number of carbonyl (C=O) groups excluding carboxylic acids is 2. The molecule has 0 fully saturated rings. The molecule has 0 radical (unpaired) electrons. The zero-order chi connectivity index (χ0) is 23.1. The van der Waals surface area contributed by atoms with E-state index in [1.165, 1.54) is 11.0 Å². The Hall–Kier alpha value is -1.82. The van der Waals surface area contributed by atoms with Crippen LogP contribution in [-0.2, 0) is 23.8 Å². The third-order valence-electron chi connectivity index (χ3n) is 4.67. The number of aromatic nitrogens is 2. The monoisotopic (exact) mass is 569 g/mol. The fourth-order valence-electron chi connectivity index (χ4n) is 3.32. The topological polar surface area (TPSA) is 64.4 Å². The van der Waals surface area contributed by atoms with Crippen LogP contribution in [0, 0.1) is 3.70 Å². The lowest BCUT2D eigenvalue weighted by Gasteiger charge is -2.26. The van der Waals surface area contributed by atoms with Gasteiger partial charge in [-0.15, -0.1) is 0 Å². The second kappa shape index (κ2) is 8.61. The smallest absolute Gasteiger partial charge is 0.417 e. The minimum atomic E-state index is -4.75. The third-order valence-corrected chi connectivity index (χ3v) is 5.85. The summed E-state index contributed by atoms with van der Waals surface area (Å²) in [6.07, 6.45) is -4.60. The highest BCUT2D eigenvalue weighted by Gasteiger charge is 2.38. The molecule has 0 unspecified atom stereocenters. The summed E-state index contributed by atoms with van der Waals surface area (Å²) in [6, 6.07) is 3.20. The first kappa shape index (κ1) is 23.8. The molecule has 1 aliphatic heterocycles. The molecule has 2 heterocycles. The Kier molecular flexibility index (Phi) is 6.62. The van der Waals surface area contributed by atoms with Crippen LogP contribution >= 0.6 is 34.2 Å². The van der Waals surface area contributed by atoms with Crippen molar-refractivity contribution < 1.29 is 27.5 Å². The Morgan fingerprint density at radius 1 is 1.16 bits per heavy atom. The van der Waals surface area contributed by atoms with E-state index in [0.29, 0.717) is 22.4 Å². The third kappa shape index (κ3) is 5.16. The van der Waals surface area contributed by atoms with E-state index >= 15 is 0 Å². The molecule has 6 nitrogen and oxygen atoms in total. The summed E-state index contributed by atoms with van der Waals surface area (Å²) in [5.41, 5.74) is -1.23. The van der Waals surface area contributed by atoms with Crippen LogP contribution < -0.4 is 0 Å². The van der Waals surface area contributed by atoms with Gasteiger partial charge in [-0.05, 0) is 61.9 Å². The summed E-state index contributed by atoms with van der Waals surface area (Å²) in [7, 11) is 0. The first-order valence-electron chi connectivity index (χ1n) is 9.44. The van der Waals surface area contributed by atoms with Crippen molar-refractivity contribution >= 4 is 46.2 Å². The Bertz CT molecular complexity index is 1030. The molecule has 0 bridgehead atoms. The number of nitrogens with zero attached hydrogens (tertiary/aromatic N) is 3. The van der Waals surface area contributed by atoms with E-state index in [1.54, 1.807) is 20.8 Å². The summed E-state index contributed by atoms with van der Waals surface area (Å²) in [5, 5.41) is 3.89. The van der Waals surface area contributed by atoms with Gasteiger partial charge in [0.05, 0.1) is 21.8 Å². The summed E-state index contributed by atoms with van der Waals surface area (Å²) < 4.78 is 47.3. The largest absolute Gasteiger partial charge is 0.444 e. The highest BCUT2D eigenvalue weighted by atomic mass is 127. The number of alkyl halides is 3. The molecular weight excluding hydrogens is 550 g/mol. The molecule has 1 aromatic heterocycles. The number of carbonyl (C=O) groups is 2. The quantitative estimate of drug-likeness (QED) is 0.444. The second-order valence-electron chi connectivity index (χ2n) is 8.06. The van der Waals surface area contributed by atoms with Crippen molar-refractivity contribution in [2.24, 2.45) is 0 Å². The van der Waals surface area contributed by atoms with Crippen LogP contribution in [0.15, 0.2) is 18.2 Å². The van der Waals surface area contributed by atoms with Crippen LogP contribution in [0.4, 0.5) is 18.0 Å². The van der Waals surface area contributed by atoms with Crippen molar-refractivity contribution in [2.45, 2.75) is 45.4 Å². The normalized spacial score (nSPS) is 14.8. The van der Waals surface area contributed by atoms with E-state index in [2.05, 4.69) is 5.10 Å². The Morgan fingerprint density at radius 3 is 2.42 bits per heavy atom. The molecule has 2 aromatic rings. The van der Waals surface area contributed by atoms with Gasteiger partial charge in [-0.1, -0.05) is 17.7 Å². The molecular formula is C20H20ClF3IN3O3. The van der Waals surface area contributed by atoms with E-state index in [4.69, 9.17) is 16.3 Å². The summed E-state index contributed by atoms with van der Waals surface area (Å²) in [4.78, 5) is 27.1. The molecule has 3 rings (SSSR count). The lowest BCUT2D eigenvalue weighted by molar-refractivity contribution is -0.137. The molecule has 0 atom stereocenters. The first-order valence-corrected chi connectivity index (χ1v) is 10.9. The molecule has 0 aliphatic carbocycles. The lowest BCUT2D eigenvalue weighted by Crippen LogP contribution is -2.38. The fourth-order valence-corrected chi connectivity index (χ4v) is 4.37. The van der Waals surface area contributed by atoms with Crippen LogP contribution in [0.5, 0.6) is 0 Å². The van der Waals surface area contributed by atoms with Gasteiger partial charge in [-0.25, -0.2) is 4.79 Å². The number of ether oxygens (including phenoxy) is 1. The van der Waals surface area contributed by atoms with Crippen molar-refractivity contribution in [2.75, 3.05) is 13.1 Å². The number of rotatable bonds is 1. The standard InChI is InChI=1S/C20H20ClF3IN3O3/c1-19(2,3)31-18(30)27-9-7-11-14(8-10-27)28(26-16(11)25)17(29)15-12(20(22,23)24)5-4-6-13(15)21/h4-6H,7-10H2,1-3H3. The Balaban J connectivity index is 1.96. The number of halogens is 5. The molecule has 0 saturated carbocycles. The van der Waals surface area contributed by atoms with Gasteiger partial charge in [0.2, 0.25) is 0 Å². The number of hydrogen-bond acceptors (Lipinski definition) is 4. The van der Waals surface area contributed by atoms with Gasteiger partial charge in [0.15, 0.2) is 0 Å². The molecule has 1 aliphatic rings. The molecule has 11 heteroatoms. The van der Waals surface area contributed by atoms with Crippen LogP contribution in [-0.4, -0.2) is 45.4 Å². The summed E-state index contributed by atoms with van der Waals surface area (Å²) in [6.45, 7) is 5.87. The molecule has 0 spiro atoms. The van der Waals surface area contributed by atoms with Gasteiger partial charge in [0.1, 0.15) is 9.30 Å². The fraction of sp³-hybridized carbons (Fsp3) is 0.450. The van der Waals surface area contributed by atoms with Crippen molar-refractivity contribution in [1.82, 2.24) is 14.7 Å². The SMILES string of the molecule is CC(C)(C)OC(=O)N1CCc2c(I)nn(C(=O)c3c(Cl)cccc3C(F)(F)F)c2CC1. The molecule has 0 saturated heterocycles. The maximum Gasteiger partial charge on any atom is 0.417 e. The highest BCUT2D eigenvalue weighted by molar-refractivity contribution is 14.1. The van der Waals surface area contributed by atoms with Crippen LogP contribution in [0.3, 0.4) is 0 Å². The molecule has 1 aromatic carbocycles. The van der Waals surface area contributed by atoms with Gasteiger partial charge < -0.3 is 9.64 Å². The number of fused-ring (bicyclic) bond motifs is 1. The van der Waals surface area contributed by atoms with Crippen molar-refractivity contribution in [1.29, 1.82) is 0 Å². The van der Waals surface area contributed by atoms with Gasteiger partial charge >= 0.3 is 12.3 Å². The average molecular weight is 570 g/mol.